The van der Waals surface area contributed by atoms with E-state index >= 15 is 0 Å². The molecule has 0 aliphatic heterocycles. The van der Waals surface area contributed by atoms with Gasteiger partial charge in [-0.2, -0.15) is 0 Å². The topological polar surface area (TPSA) is 23.5 Å². The number of likely N-dealkylation sites (N-methyl/N-ethyl adjacent to an activating group) is 1. The number of nitrogens with zero attached hydrogens (tertiary/aromatic N) is 1. The fourth-order valence-electron chi connectivity index (χ4n) is 1.29. The molecule has 0 heterocycles. The van der Waals surface area contributed by atoms with Gasteiger partial charge in [0, 0.05) is 5.54 Å². The van der Waals surface area contributed by atoms with E-state index in [0.717, 1.165) is 5.56 Å². The lowest BCUT2D eigenvalue weighted by Gasteiger charge is -2.37. The highest BCUT2D eigenvalue weighted by atomic mass is 16.3. The van der Waals surface area contributed by atoms with Crippen molar-refractivity contribution in [3.05, 3.63) is 35.9 Å². The van der Waals surface area contributed by atoms with Gasteiger partial charge in [-0.05, 0) is 33.5 Å². The SMILES string of the molecule is CN(C)C(C)(C)[C@H](O)c1ccccc1. The molecule has 2 nitrogen and oxygen atoms in total. The van der Waals surface area contributed by atoms with Gasteiger partial charge in [-0.1, -0.05) is 30.3 Å². The zero-order valence-electron chi connectivity index (χ0n) is 9.36. The number of aliphatic hydroxyl groups is 1. The van der Waals surface area contributed by atoms with E-state index in [2.05, 4.69) is 0 Å². The molecule has 78 valence electrons. The lowest BCUT2D eigenvalue weighted by molar-refractivity contribution is 0.0164. The van der Waals surface area contributed by atoms with E-state index in [-0.39, 0.29) is 5.54 Å². The summed E-state index contributed by atoms with van der Waals surface area (Å²) in [6, 6.07) is 9.76. The third-order valence-electron chi connectivity index (χ3n) is 2.94. The Bertz CT molecular complexity index is 280. The van der Waals surface area contributed by atoms with Gasteiger partial charge < -0.3 is 10.0 Å². The van der Waals surface area contributed by atoms with Gasteiger partial charge in [-0.15, -0.1) is 0 Å². The first kappa shape index (κ1) is 11.2. The largest absolute Gasteiger partial charge is 0.386 e. The Morgan fingerprint density at radius 3 is 2.07 bits per heavy atom. The van der Waals surface area contributed by atoms with Crippen LogP contribution in [0.4, 0.5) is 0 Å². The summed E-state index contributed by atoms with van der Waals surface area (Å²) in [4.78, 5) is 2.03. The summed E-state index contributed by atoms with van der Waals surface area (Å²) in [6.45, 7) is 4.06. The second-order valence-corrected chi connectivity index (χ2v) is 4.36. The van der Waals surface area contributed by atoms with Crippen LogP contribution in [0, 0.1) is 0 Å². The van der Waals surface area contributed by atoms with E-state index in [1.807, 2.05) is 63.2 Å². The second kappa shape index (κ2) is 4.11. The summed E-state index contributed by atoms with van der Waals surface area (Å²) in [6.07, 6.45) is -0.460. The molecule has 1 atom stereocenters. The Morgan fingerprint density at radius 1 is 1.14 bits per heavy atom. The summed E-state index contributed by atoms with van der Waals surface area (Å²) in [5.74, 6) is 0. The van der Waals surface area contributed by atoms with E-state index < -0.39 is 6.10 Å². The van der Waals surface area contributed by atoms with E-state index in [1.54, 1.807) is 0 Å². The van der Waals surface area contributed by atoms with Crippen LogP contribution in [0.5, 0.6) is 0 Å². The monoisotopic (exact) mass is 193 g/mol. The summed E-state index contributed by atoms with van der Waals surface area (Å²) in [5.41, 5.74) is 0.715. The third kappa shape index (κ3) is 2.14. The maximum Gasteiger partial charge on any atom is 0.0967 e. The molecule has 0 spiro atoms. The maximum absolute atomic E-state index is 10.2. The Kier molecular flexibility index (Phi) is 3.29. The predicted molar refractivity (Wildman–Crippen MR) is 59.2 cm³/mol. The molecule has 0 unspecified atom stereocenters. The van der Waals surface area contributed by atoms with Crippen LogP contribution in [0.25, 0.3) is 0 Å². The van der Waals surface area contributed by atoms with Crippen molar-refractivity contribution >= 4 is 0 Å². The minimum Gasteiger partial charge on any atom is -0.386 e. The standard InChI is InChI=1S/C12H19NO/c1-12(2,13(3)4)11(14)10-8-6-5-7-9-10/h5-9,11,14H,1-4H3/t11-/m1/s1. The number of rotatable bonds is 3. The van der Waals surface area contributed by atoms with Crippen LogP contribution in [0.15, 0.2) is 30.3 Å². The molecule has 0 fully saturated rings. The number of benzene rings is 1. The van der Waals surface area contributed by atoms with Crippen LogP contribution in [0.1, 0.15) is 25.5 Å². The van der Waals surface area contributed by atoms with Gasteiger partial charge >= 0.3 is 0 Å². The maximum atomic E-state index is 10.2. The molecular formula is C12H19NO. The van der Waals surface area contributed by atoms with Crippen molar-refractivity contribution in [2.24, 2.45) is 0 Å². The Balaban J connectivity index is 2.90. The van der Waals surface area contributed by atoms with E-state index in [1.165, 1.54) is 0 Å². The smallest absolute Gasteiger partial charge is 0.0967 e. The van der Waals surface area contributed by atoms with Crippen molar-refractivity contribution in [1.82, 2.24) is 4.90 Å². The molecular weight excluding hydrogens is 174 g/mol. The first-order valence-corrected chi connectivity index (χ1v) is 4.86. The number of hydrogen-bond acceptors (Lipinski definition) is 2. The highest BCUT2D eigenvalue weighted by Crippen LogP contribution is 2.28. The van der Waals surface area contributed by atoms with E-state index in [4.69, 9.17) is 0 Å². The Hall–Kier alpha value is -0.860. The first-order chi connectivity index (χ1) is 6.46. The predicted octanol–water partition coefficient (Wildman–Crippen LogP) is 2.06. The van der Waals surface area contributed by atoms with E-state index in [0.29, 0.717) is 0 Å². The van der Waals surface area contributed by atoms with Crippen molar-refractivity contribution in [3.63, 3.8) is 0 Å². The molecule has 0 bridgehead atoms. The minimum absolute atomic E-state index is 0.249. The highest BCUT2D eigenvalue weighted by Gasteiger charge is 2.30. The molecule has 1 aromatic carbocycles. The summed E-state index contributed by atoms with van der Waals surface area (Å²) >= 11 is 0. The molecule has 14 heavy (non-hydrogen) atoms. The highest BCUT2D eigenvalue weighted by molar-refractivity contribution is 5.20. The molecule has 0 saturated heterocycles. The lowest BCUT2D eigenvalue weighted by atomic mass is 9.90. The summed E-state index contributed by atoms with van der Waals surface area (Å²) in [5, 5.41) is 10.2. The molecule has 1 rings (SSSR count). The van der Waals surface area contributed by atoms with Crippen molar-refractivity contribution in [2.75, 3.05) is 14.1 Å². The van der Waals surface area contributed by atoms with Gasteiger partial charge in [0.05, 0.1) is 6.10 Å². The van der Waals surface area contributed by atoms with Crippen LogP contribution < -0.4 is 0 Å². The van der Waals surface area contributed by atoms with Crippen LogP contribution in [-0.2, 0) is 0 Å². The van der Waals surface area contributed by atoms with Gasteiger partial charge in [0.2, 0.25) is 0 Å². The summed E-state index contributed by atoms with van der Waals surface area (Å²) in [7, 11) is 3.96. The van der Waals surface area contributed by atoms with Crippen LogP contribution in [0.3, 0.4) is 0 Å². The van der Waals surface area contributed by atoms with Crippen molar-refractivity contribution < 1.29 is 5.11 Å². The van der Waals surface area contributed by atoms with Crippen LogP contribution in [-0.4, -0.2) is 29.6 Å². The van der Waals surface area contributed by atoms with Crippen LogP contribution in [0.2, 0.25) is 0 Å². The van der Waals surface area contributed by atoms with Crippen LogP contribution >= 0.6 is 0 Å². The molecule has 0 saturated carbocycles. The van der Waals surface area contributed by atoms with Gasteiger partial charge in [-0.25, -0.2) is 0 Å². The molecule has 2 heteroatoms. The average Bonchev–Trinajstić information content (AvgIpc) is 2.17. The fraction of sp³-hybridized carbons (Fsp3) is 0.500. The minimum atomic E-state index is -0.460. The summed E-state index contributed by atoms with van der Waals surface area (Å²) < 4.78 is 0. The Morgan fingerprint density at radius 2 is 1.64 bits per heavy atom. The molecule has 0 aliphatic rings. The molecule has 0 radical (unpaired) electrons. The second-order valence-electron chi connectivity index (χ2n) is 4.36. The number of hydrogen-bond donors (Lipinski definition) is 1. The zero-order chi connectivity index (χ0) is 10.8. The molecule has 0 aromatic heterocycles. The van der Waals surface area contributed by atoms with Crippen molar-refractivity contribution in [1.29, 1.82) is 0 Å². The van der Waals surface area contributed by atoms with Crippen molar-refractivity contribution in [2.45, 2.75) is 25.5 Å². The zero-order valence-corrected chi connectivity index (χ0v) is 9.36. The first-order valence-electron chi connectivity index (χ1n) is 4.86. The van der Waals surface area contributed by atoms with Crippen molar-refractivity contribution in [3.8, 4) is 0 Å². The lowest BCUT2D eigenvalue weighted by Crippen LogP contribution is -2.43. The van der Waals surface area contributed by atoms with E-state index in [9.17, 15) is 5.11 Å². The van der Waals surface area contributed by atoms with Gasteiger partial charge in [0.15, 0.2) is 0 Å². The third-order valence-corrected chi connectivity index (χ3v) is 2.94. The van der Waals surface area contributed by atoms with Gasteiger partial charge in [0.1, 0.15) is 0 Å². The normalized spacial score (nSPS) is 14.4. The molecule has 1 aromatic rings. The number of aliphatic hydroxyl groups excluding tert-OH is 1. The molecule has 1 N–H and O–H groups in total. The quantitative estimate of drug-likeness (QED) is 0.794. The average molecular weight is 193 g/mol. The fourth-order valence-corrected chi connectivity index (χ4v) is 1.29. The molecule has 0 amide bonds. The van der Waals surface area contributed by atoms with Gasteiger partial charge in [-0.3, -0.25) is 0 Å². The Labute approximate surface area is 86.2 Å². The molecule has 0 aliphatic carbocycles. The van der Waals surface area contributed by atoms with Gasteiger partial charge in [0.25, 0.3) is 0 Å².